The highest BCUT2D eigenvalue weighted by Crippen LogP contribution is 2.31. The van der Waals surface area contributed by atoms with E-state index >= 15 is 0 Å². The summed E-state index contributed by atoms with van der Waals surface area (Å²) in [5, 5.41) is 2.90. The first-order chi connectivity index (χ1) is 11.6. The van der Waals surface area contributed by atoms with E-state index in [0.717, 1.165) is 6.07 Å². The number of carbonyl (C=O) groups is 1. The van der Waals surface area contributed by atoms with Crippen molar-refractivity contribution in [1.29, 1.82) is 0 Å². The van der Waals surface area contributed by atoms with Crippen molar-refractivity contribution >= 4 is 23.2 Å². The first kappa shape index (κ1) is 18.9. The van der Waals surface area contributed by atoms with E-state index < -0.39 is 23.6 Å². The Morgan fingerprint density at radius 1 is 1.00 bits per heavy atom. The summed E-state index contributed by atoms with van der Waals surface area (Å²) < 4.78 is 46.8. The lowest BCUT2D eigenvalue weighted by atomic mass is 10.1. The van der Waals surface area contributed by atoms with Gasteiger partial charge in [-0.2, -0.15) is 0 Å². The molecule has 0 saturated carbocycles. The highest BCUT2D eigenvalue weighted by molar-refractivity contribution is 6.30. The van der Waals surface area contributed by atoms with E-state index in [9.17, 15) is 18.0 Å². The van der Waals surface area contributed by atoms with Crippen LogP contribution in [-0.4, -0.2) is 17.9 Å². The molecule has 134 valence electrons. The van der Waals surface area contributed by atoms with E-state index in [1.165, 1.54) is 32.0 Å². The van der Waals surface area contributed by atoms with Crippen LogP contribution in [0.25, 0.3) is 0 Å². The summed E-state index contributed by atoms with van der Waals surface area (Å²) in [6.45, 7) is 2.98. The lowest BCUT2D eigenvalue weighted by Gasteiger charge is -2.26. The van der Waals surface area contributed by atoms with E-state index in [4.69, 9.17) is 16.3 Å². The van der Waals surface area contributed by atoms with E-state index in [1.807, 2.05) is 0 Å². The number of hydrogen-bond donors (Lipinski definition) is 1. The van der Waals surface area contributed by atoms with Crippen LogP contribution in [0, 0.1) is 0 Å². The van der Waals surface area contributed by atoms with Crippen molar-refractivity contribution in [3.63, 3.8) is 0 Å². The maximum atomic E-state index is 12.4. The lowest BCUT2D eigenvalue weighted by molar-refractivity contribution is -0.274. The van der Waals surface area contributed by atoms with E-state index in [2.05, 4.69) is 10.1 Å². The largest absolute Gasteiger partial charge is 0.573 e. The molecule has 0 atom stereocenters. The van der Waals surface area contributed by atoms with Gasteiger partial charge in [-0.1, -0.05) is 23.7 Å². The second kappa shape index (κ2) is 7.23. The Kier molecular flexibility index (Phi) is 5.47. The Morgan fingerprint density at radius 2 is 1.60 bits per heavy atom. The maximum Gasteiger partial charge on any atom is 0.573 e. The normalized spacial score (nSPS) is 11.8. The van der Waals surface area contributed by atoms with Crippen LogP contribution in [0.3, 0.4) is 0 Å². The van der Waals surface area contributed by atoms with Crippen LogP contribution in [0.1, 0.15) is 13.8 Å². The van der Waals surface area contributed by atoms with E-state index in [-0.39, 0.29) is 5.69 Å². The third-order valence-electron chi connectivity index (χ3n) is 3.09. The number of amides is 1. The minimum atomic E-state index is -4.86. The zero-order valence-corrected chi connectivity index (χ0v) is 14.1. The molecule has 8 heteroatoms. The van der Waals surface area contributed by atoms with Gasteiger partial charge >= 0.3 is 6.36 Å². The van der Waals surface area contributed by atoms with Crippen LogP contribution in [0.4, 0.5) is 18.9 Å². The highest BCUT2D eigenvalue weighted by atomic mass is 35.5. The predicted octanol–water partition coefficient (Wildman–Crippen LogP) is 5.03. The molecule has 0 heterocycles. The maximum absolute atomic E-state index is 12.4. The summed E-state index contributed by atoms with van der Waals surface area (Å²) >= 11 is 5.78. The molecule has 4 nitrogen and oxygen atoms in total. The van der Waals surface area contributed by atoms with Crippen molar-refractivity contribution < 1.29 is 27.4 Å². The van der Waals surface area contributed by atoms with Crippen molar-refractivity contribution in [3.05, 3.63) is 53.6 Å². The third-order valence-corrected chi connectivity index (χ3v) is 3.35. The molecule has 1 N–H and O–H groups in total. The molecule has 0 saturated heterocycles. The van der Waals surface area contributed by atoms with E-state index in [1.54, 1.807) is 24.3 Å². The third kappa shape index (κ3) is 5.56. The quantitative estimate of drug-likeness (QED) is 0.799. The van der Waals surface area contributed by atoms with Gasteiger partial charge in [0, 0.05) is 5.02 Å². The minimum Gasteiger partial charge on any atom is -0.478 e. The smallest absolute Gasteiger partial charge is 0.478 e. The highest BCUT2D eigenvalue weighted by Gasteiger charge is 2.34. The number of rotatable bonds is 5. The van der Waals surface area contributed by atoms with Crippen molar-refractivity contribution in [2.75, 3.05) is 5.32 Å². The van der Waals surface area contributed by atoms with Crippen LogP contribution in [-0.2, 0) is 4.79 Å². The average Bonchev–Trinajstić information content (AvgIpc) is 2.50. The number of anilines is 1. The molecule has 0 aliphatic carbocycles. The van der Waals surface area contributed by atoms with Crippen molar-refractivity contribution in [1.82, 2.24) is 0 Å². The van der Waals surface area contributed by atoms with Gasteiger partial charge in [0.1, 0.15) is 5.75 Å². The first-order valence-corrected chi connectivity index (χ1v) is 7.55. The Morgan fingerprint density at radius 3 is 2.20 bits per heavy atom. The van der Waals surface area contributed by atoms with Gasteiger partial charge < -0.3 is 14.8 Å². The topological polar surface area (TPSA) is 47.6 Å². The Bertz CT molecular complexity index is 746. The molecular formula is C17H15ClF3NO3. The van der Waals surface area contributed by atoms with Gasteiger partial charge in [0.2, 0.25) is 0 Å². The van der Waals surface area contributed by atoms with Gasteiger partial charge in [0.05, 0.1) is 5.69 Å². The number of para-hydroxylation sites is 2. The summed E-state index contributed by atoms with van der Waals surface area (Å²) in [7, 11) is 0. The number of nitrogens with one attached hydrogen (secondary N) is 1. The lowest BCUT2D eigenvalue weighted by Crippen LogP contribution is -2.42. The molecule has 0 fully saturated rings. The van der Waals surface area contributed by atoms with Gasteiger partial charge in [-0.3, -0.25) is 4.79 Å². The zero-order chi connectivity index (χ0) is 18.7. The molecule has 0 radical (unpaired) electrons. The van der Waals surface area contributed by atoms with Gasteiger partial charge in [-0.05, 0) is 50.2 Å². The summed E-state index contributed by atoms with van der Waals surface area (Å²) in [5.41, 5.74) is -1.46. The van der Waals surface area contributed by atoms with Gasteiger partial charge in [-0.25, -0.2) is 0 Å². The molecule has 2 aromatic rings. The number of ether oxygens (including phenoxy) is 2. The fourth-order valence-corrected chi connectivity index (χ4v) is 2.03. The van der Waals surface area contributed by atoms with Gasteiger partial charge in [-0.15, -0.1) is 13.2 Å². The summed E-state index contributed by atoms with van der Waals surface area (Å²) in [6, 6.07) is 11.6. The number of carbonyl (C=O) groups excluding carboxylic acids is 1. The van der Waals surface area contributed by atoms with Crippen LogP contribution < -0.4 is 14.8 Å². The molecule has 0 spiro atoms. The standard InChI is InChI=1S/C17H15ClF3NO3/c1-16(2,24-12-9-7-11(18)8-10-12)15(23)22-13-5-3-4-6-14(13)25-17(19,20)21/h3-10H,1-2H3,(H,22,23). The SMILES string of the molecule is CC(C)(Oc1ccc(Cl)cc1)C(=O)Nc1ccccc1OC(F)(F)F. The van der Waals surface area contributed by atoms with Crippen LogP contribution >= 0.6 is 11.6 Å². The first-order valence-electron chi connectivity index (χ1n) is 7.18. The second-order valence-corrected chi connectivity index (χ2v) is 6.00. The van der Waals surface area contributed by atoms with Gasteiger partial charge in [0.15, 0.2) is 11.4 Å². The molecule has 0 aliphatic heterocycles. The molecule has 2 aromatic carbocycles. The molecule has 0 unspecified atom stereocenters. The number of hydrogen-bond acceptors (Lipinski definition) is 3. The molecule has 1 amide bonds. The summed E-state index contributed by atoms with van der Waals surface area (Å²) in [6.07, 6.45) is -4.86. The molecule has 0 aromatic heterocycles. The van der Waals surface area contributed by atoms with Crippen LogP contribution in [0.15, 0.2) is 48.5 Å². The summed E-state index contributed by atoms with van der Waals surface area (Å²) in [5.74, 6) is -0.754. The Hall–Kier alpha value is -2.41. The molecule has 0 aliphatic rings. The average molecular weight is 374 g/mol. The van der Waals surface area contributed by atoms with Crippen molar-refractivity contribution in [2.45, 2.75) is 25.8 Å². The fourth-order valence-electron chi connectivity index (χ4n) is 1.90. The molecular weight excluding hydrogens is 359 g/mol. The molecule has 25 heavy (non-hydrogen) atoms. The van der Waals surface area contributed by atoms with Crippen molar-refractivity contribution in [3.8, 4) is 11.5 Å². The number of benzene rings is 2. The van der Waals surface area contributed by atoms with Crippen LogP contribution in [0.5, 0.6) is 11.5 Å². The van der Waals surface area contributed by atoms with Crippen molar-refractivity contribution in [2.24, 2.45) is 0 Å². The zero-order valence-electron chi connectivity index (χ0n) is 13.4. The fraction of sp³-hybridized carbons (Fsp3) is 0.235. The Labute approximate surface area is 147 Å². The molecule has 0 bridgehead atoms. The second-order valence-electron chi connectivity index (χ2n) is 5.56. The summed E-state index contributed by atoms with van der Waals surface area (Å²) in [4.78, 5) is 12.4. The predicted molar refractivity (Wildman–Crippen MR) is 87.9 cm³/mol. The van der Waals surface area contributed by atoms with Crippen LogP contribution in [0.2, 0.25) is 5.02 Å². The Balaban J connectivity index is 2.14. The monoisotopic (exact) mass is 373 g/mol. The number of alkyl halides is 3. The van der Waals surface area contributed by atoms with Gasteiger partial charge in [0.25, 0.3) is 5.91 Å². The van der Waals surface area contributed by atoms with E-state index in [0.29, 0.717) is 10.8 Å². The molecule has 2 rings (SSSR count). The minimum absolute atomic E-state index is 0.113. The number of halogens is 4.